The number of hydrogen-bond acceptors (Lipinski definition) is 8. The third kappa shape index (κ3) is 3.76. The molecule has 0 aromatic carbocycles. The zero-order valence-electron chi connectivity index (χ0n) is 17.1. The molecule has 6 aliphatic rings. The lowest BCUT2D eigenvalue weighted by atomic mass is 10.0. The van der Waals surface area contributed by atoms with Gasteiger partial charge in [0.25, 0.3) is 0 Å². The number of hydrogen-bond donors (Lipinski definition) is 0. The van der Waals surface area contributed by atoms with Crippen molar-refractivity contribution in [2.45, 2.75) is 81.3 Å². The van der Waals surface area contributed by atoms with Crippen LogP contribution in [0.3, 0.4) is 0 Å². The van der Waals surface area contributed by atoms with E-state index in [0.29, 0.717) is 75.9 Å². The molecule has 6 fully saturated rings. The number of rotatable bonds is 7. The maximum atomic E-state index is 6.29. The molecule has 0 radical (unpaired) electrons. The summed E-state index contributed by atoms with van der Waals surface area (Å²) in [6.45, 7) is 5.05. The minimum Gasteiger partial charge on any atom is -0.373 e. The minimum absolute atomic E-state index is 0.103. The van der Waals surface area contributed by atoms with Gasteiger partial charge < -0.3 is 37.9 Å². The van der Waals surface area contributed by atoms with Gasteiger partial charge in [-0.15, -0.1) is 0 Å². The van der Waals surface area contributed by atoms with Gasteiger partial charge in [0, 0.05) is 11.8 Å². The Balaban J connectivity index is 0.953. The molecule has 0 bridgehead atoms. The highest BCUT2D eigenvalue weighted by Gasteiger charge is 2.54. The van der Waals surface area contributed by atoms with Crippen molar-refractivity contribution >= 4 is 0 Å². The van der Waals surface area contributed by atoms with E-state index >= 15 is 0 Å². The SMILES string of the molecule is CCC1(OCC2CCC3OC23)COC2(OCC(OCC3CCC4OC34)CO2)OC1. The maximum absolute atomic E-state index is 6.29. The summed E-state index contributed by atoms with van der Waals surface area (Å²) in [5.41, 5.74) is -0.457. The lowest BCUT2D eigenvalue weighted by Crippen LogP contribution is -2.60. The van der Waals surface area contributed by atoms with Gasteiger partial charge in [0.05, 0.1) is 64.1 Å². The summed E-state index contributed by atoms with van der Waals surface area (Å²) in [7, 11) is 0. The first-order chi connectivity index (χ1) is 14.2. The van der Waals surface area contributed by atoms with E-state index in [2.05, 4.69) is 6.92 Å². The van der Waals surface area contributed by atoms with Crippen molar-refractivity contribution in [3.05, 3.63) is 0 Å². The van der Waals surface area contributed by atoms with Crippen molar-refractivity contribution < 1.29 is 37.9 Å². The van der Waals surface area contributed by atoms with Crippen molar-refractivity contribution in [1.82, 2.24) is 0 Å². The predicted molar refractivity (Wildman–Crippen MR) is 98.0 cm³/mol. The van der Waals surface area contributed by atoms with Gasteiger partial charge in [0.15, 0.2) is 0 Å². The highest BCUT2D eigenvalue weighted by molar-refractivity contribution is 4.98. The van der Waals surface area contributed by atoms with Crippen LogP contribution in [-0.2, 0) is 37.9 Å². The van der Waals surface area contributed by atoms with E-state index in [9.17, 15) is 0 Å². The summed E-state index contributed by atoms with van der Waals surface area (Å²) in [4.78, 5) is 0. The second-order valence-corrected chi connectivity index (χ2v) is 9.46. The van der Waals surface area contributed by atoms with Crippen molar-refractivity contribution in [1.29, 1.82) is 0 Å². The van der Waals surface area contributed by atoms with Gasteiger partial charge in [-0.25, -0.2) is 0 Å². The number of fused-ring (bicyclic) bond motifs is 2. The molecule has 8 nitrogen and oxygen atoms in total. The van der Waals surface area contributed by atoms with Crippen LogP contribution in [0.1, 0.15) is 39.0 Å². The molecular weight excluding hydrogens is 380 g/mol. The van der Waals surface area contributed by atoms with E-state index < -0.39 is 11.8 Å². The van der Waals surface area contributed by atoms with Crippen LogP contribution in [0.25, 0.3) is 0 Å². The molecule has 0 aromatic heterocycles. The van der Waals surface area contributed by atoms with Crippen LogP contribution < -0.4 is 0 Å². The first kappa shape index (κ1) is 19.4. The molecule has 29 heavy (non-hydrogen) atoms. The average molecular weight is 412 g/mol. The predicted octanol–water partition coefficient (Wildman–Crippen LogP) is 1.60. The largest absolute Gasteiger partial charge is 0.413 e. The fourth-order valence-electron chi connectivity index (χ4n) is 5.25. The third-order valence-corrected chi connectivity index (χ3v) is 7.53. The highest BCUT2D eigenvalue weighted by atomic mass is 17.0. The van der Waals surface area contributed by atoms with Gasteiger partial charge in [-0.05, 0) is 32.1 Å². The summed E-state index contributed by atoms with van der Waals surface area (Å²) < 4.78 is 47.0. The number of ether oxygens (including phenoxy) is 8. The Kier molecular flexibility index (Phi) is 4.93. The monoisotopic (exact) mass is 412 g/mol. The van der Waals surface area contributed by atoms with E-state index in [4.69, 9.17) is 37.9 Å². The summed E-state index contributed by atoms with van der Waals surface area (Å²) in [6, 6.07) is 0. The molecule has 4 saturated heterocycles. The Bertz CT molecular complexity index is 595. The van der Waals surface area contributed by atoms with E-state index in [1.807, 2.05) is 0 Å². The second-order valence-electron chi connectivity index (χ2n) is 9.46. The molecule has 4 heterocycles. The molecule has 6 unspecified atom stereocenters. The third-order valence-electron chi connectivity index (χ3n) is 7.53. The minimum atomic E-state index is -1.42. The molecule has 4 aliphatic heterocycles. The Hall–Kier alpha value is -0.320. The summed E-state index contributed by atoms with van der Waals surface area (Å²) in [5.74, 6) is 1.01. The smallest absolute Gasteiger partial charge is 0.373 e. The first-order valence-corrected chi connectivity index (χ1v) is 11.3. The maximum Gasteiger partial charge on any atom is 0.413 e. The standard InChI is InChI=1S/C21H32O8/c1-2-20(23-8-14-4-6-17-19(14)29-17)11-26-21(27-12-20)24-9-15(10-25-21)22-7-13-3-5-16-18(13)28-16/h13-19H,2-12H2,1H3. The van der Waals surface area contributed by atoms with Gasteiger partial charge >= 0.3 is 6.16 Å². The molecule has 8 heteroatoms. The molecule has 1 spiro atoms. The topological polar surface area (TPSA) is 80.4 Å². The van der Waals surface area contributed by atoms with Crippen LogP contribution >= 0.6 is 0 Å². The average Bonchev–Trinajstić information content (AvgIpc) is 3.65. The molecule has 0 aromatic rings. The Labute approximate surface area is 171 Å². The lowest BCUT2D eigenvalue weighted by Gasteiger charge is -2.46. The summed E-state index contributed by atoms with van der Waals surface area (Å²) >= 11 is 0. The number of epoxide rings is 2. The van der Waals surface area contributed by atoms with Crippen molar-refractivity contribution in [2.75, 3.05) is 39.6 Å². The van der Waals surface area contributed by atoms with Gasteiger partial charge in [0.1, 0.15) is 11.7 Å². The molecule has 6 atom stereocenters. The Morgan fingerprint density at radius 2 is 1.41 bits per heavy atom. The summed E-state index contributed by atoms with van der Waals surface area (Å²) in [5, 5.41) is 0. The quantitative estimate of drug-likeness (QED) is 0.584. The van der Waals surface area contributed by atoms with Gasteiger partial charge in [-0.2, -0.15) is 0 Å². The van der Waals surface area contributed by atoms with Crippen LogP contribution in [0.2, 0.25) is 0 Å². The van der Waals surface area contributed by atoms with Gasteiger partial charge in [-0.1, -0.05) is 6.92 Å². The van der Waals surface area contributed by atoms with Crippen LogP contribution in [-0.4, -0.2) is 81.9 Å². The highest BCUT2D eigenvalue weighted by Crippen LogP contribution is 2.44. The zero-order chi connectivity index (χ0) is 19.5. The Morgan fingerprint density at radius 1 is 0.793 bits per heavy atom. The summed E-state index contributed by atoms with van der Waals surface area (Å²) in [6.07, 6.45) is 5.78. The van der Waals surface area contributed by atoms with Crippen molar-refractivity contribution in [2.24, 2.45) is 11.8 Å². The van der Waals surface area contributed by atoms with E-state index in [1.54, 1.807) is 0 Å². The lowest BCUT2D eigenvalue weighted by molar-refractivity contribution is -0.546. The molecule has 164 valence electrons. The van der Waals surface area contributed by atoms with Crippen LogP contribution in [0, 0.1) is 11.8 Å². The van der Waals surface area contributed by atoms with Crippen molar-refractivity contribution in [3.63, 3.8) is 0 Å². The van der Waals surface area contributed by atoms with E-state index in [-0.39, 0.29) is 6.10 Å². The Morgan fingerprint density at radius 3 is 1.93 bits per heavy atom. The van der Waals surface area contributed by atoms with Gasteiger partial charge in [0.2, 0.25) is 0 Å². The first-order valence-electron chi connectivity index (χ1n) is 11.3. The zero-order valence-corrected chi connectivity index (χ0v) is 17.1. The van der Waals surface area contributed by atoms with Crippen LogP contribution in [0.5, 0.6) is 0 Å². The molecule has 2 saturated carbocycles. The molecule has 0 amide bonds. The molecule has 6 rings (SSSR count). The van der Waals surface area contributed by atoms with Crippen molar-refractivity contribution in [3.8, 4) is 0 Å². The van der Waals surface area contributed by atoms with Crippen LogP contribution in [0.4, 0.5) is 0 Å². The molecular formula is C21H32O8. The fraction of sp³-hybridized carbons (Fsp3) is 1.00. The van der Waals surface area contributed by atoms with Gasteiger partial charge in [-0.3, -0.25) is 0 Å². The molecule has 0 N–H and O–H groups in total. The van der Waals surface area contributed by atoms with Crippen LogP contribution in [0.15, 0.2) is 0 Å². The van der Waals surface area contributed by atoms with E-state index in [1.165, 1.54) is 12.8 Å². The fourth-order valence-corrected chi connectivity index (χ4v) is 5.25. The molecule has 2 aliphatic carbocycles. The van der Waals surface area contributed by atoms with E-state index in [0.717, 1.165) is 19.3 Å². The normalized spacial score (nSPS) is 53.1. The second kappa shape index (κ2) is 7.38.